The van der Waals surface area contributed by atoms with Crippen molar-refractivity contribution in [3.63, 3.8) is 0 Å². The van der Waals surface area contributed by atoms with E-state index < -0.39 is 22.8 Å². The summed E-state index contributed by atoms with van der Waals surface area (Å²) in [7, 11) is 1.32. The molecule has 30 heavy (non-hydrogen) atoms. The van der Waals surface area contributed by atoms with Gasteiger partial charge in [0.15, 0.2) is 0 Å². The number of fused-ring (bicyclic) bond motifs is 1. The molecular weight excluding hydrogens is 408 g/mol. The summed E-state index contributed by atoms with van der Waals surface area (Å²) in [6.07, 6.45) is 4.89. The number of carbonyl (C=O) groups is 2. The monoisotopic (exact) mass is 434 g/mol. The largest absolute Gasteiger partial charge is 0.465 e. The third-order valence-corrected chi connectivity index (χ3v) is 6.86. The number of thiophene rings is 1. The molecule has 0 spiro atoms. The van der Waals surface area contributed by atoms with Crippen molar-refractivity contribution in [1.29, 1.82) is 0 Å². The summed E-state index contributed by atoms with van der Waals surface area (Å²) >= 11 is 1.41. The Hall–Kier alpha value is -2.75. The molecule has 1 aliphatic carbocycles. The Labute approximate surface area is 178 Å². The van der Waals surface area contributed by atoms with Crippen LogP contribution in [0.5, 0.6) is 0 Å². The highest BCUT2D eigenvalue weighted by Crippen LogP contribution is 2.44. The summed E-state index contributed by atoms with van der Waals surface area (Å²) in [5.74, 6) is -0.398. The molecule has 162 valence electrons. The molecule has 2 heterocycles. The van der Waals surface area contributed by atoms with Gasteiger partial charge in [-0.1, -0.05) is 20.8 Å². The van der Waals surface area contributed by atoms with E-state index in [1.807, 2.05) is 0 Å². The van der Waals surface area contributed by atoms with Crippen LogP contribution in [-0.4, -0.2) is 33.7 Å². The third kappa shape index (κ3) is 4.23. The normalized spacial score (nSPS) is 17.2. The van der Waals surface area contributed by atoms with Crippen molar-refractivity contribution in [3.8, 4) is 0 Å². The minimum atomic E-state index is -0.786. The number of carbonyl (C=O) groups excluding carboxylic acids is 2. The predicted molar refractivity (Wildman–Crippen MR) is 113 cm³/mol. The summed E-state index contributed by atoms with van der Waals surface area (Å²) in [4.78, 5) is 36.7. The number of hydrogen-bond donors (Lipinski definition) is 1. The van der Waals surface area contributed by atoms with Gasteiger partial charge in [-0.2, -0.15) is 5.10 Å². The molecule has 2 aromatic heterocycles. The van der Waals surface area contributed by atoms with Gasteiger partial charge in [0.05, 0.1) is 17.6 Å². The van der Waals surface area contributed by atoms with Crippen LogP contribution in [0.3, 0.4) is 0 Å². The number of anilines is 1. The Morgan fingerprint density at radius 1 is 1.43 bits per heavy atom. The van der Waals surface area contributed by atoms with Crippen molar-refractivity contribution in [2.24, 2.45) is 11.3 Å². The van der Waals surface area contributed by atoms with E-state index >= 15 is 0 Å². The van der Waals surface area contributed by atoms with E-state index in [4.69, 9.17) is 4.74 Å². The molecule has 9 nitrogen and oxygen atoms in total. The Bertz CT molecular complexity index is 988. The molecule has 0 aliphatic heterocycles. The lowest BCUT2D eigenvalue weighted by atomic mass is 9.72. The van der Waals surface area contributed by atoms with Crippen molar-refractivity contribution in [3.05, 3.63) is 38.5 Å². The van der Waals surface area contributed by atoms with E-state index in [0.717, 1.165) is 35.9 Å². The first kappa shape index (κ1) is 21.9. The third-order valence-electron chi connectivity index (χ3n) is 5.69. The van der Waals surface area contributed by atoms with Gasteiger partial charge in [-0.15, -0.1) is 11.3 Å². The molecule has 2 atom stereocenters. The molecule has 10 heteroatoms. The van der Waals surface area contributed by atoms with Gasteiger partial charge in [0.1, 0.15) is 23.4 Å². The SMILES string of the molecule is COC(=O)c1c(NC(=O)[C@H](C)n2cc([N+](=O)[O-])cn2)sc2c1CC[C@@H](C(C)(C)C)C2. The first-order valence-electron chi connectivity index (χ1n) is 9.75. The summed E-state index contributed by atoms with van der Waals surface area (Å²) < 4.78 is 6.21. The molecule has 1 N–H and O–H groups in total. The van der Waals surface area contributed by atoms with Crippen molar-refractivity contribution in [1.82, 2.24) is 9.78 Å². The fraction of sp³-hybridized carbons (Fsp3) is 0.550. The van der Waals surface area contributed by atoms with Crippen LogP contribution in [0.2, 0.25) is 0 Å². The topological polar surface area (TPSA) is 116 Å². The highest BCUT2D eigenvalue weighted by molar-refractivity contribution is 7.17. The molecule has 0 saturated carbocycles. The van der Waals surface area contributed by atoms with Gasteiger partial charge in [0.25, 0.3) is 0 Å². The average Bonchev–Trinajstić information content (AvgIpc) is 3.30. The predicted octanol–water partition coefficient (Wildman–Crippen LogP) is 3.99. The number of hydrogen-bond acceptors (Lipinski definition) is 7. The van der Waals surface area contributed by atoms with Crippen LogP contribution in [0.4, 0.5) is 10.7 Å². The summed E-state index contributed by atoms with van der Waals surface area (Å²) in [6, 6.07) is -0.786. The maximum atomic E-state index is 12.8. The van der Waals surface area contributed by atoms with Crippen molar-refractivity contribution in [2.75, 3.05) is 12.4 Å². The number of rotatable bonds is 5. The number of amides is 1. The fourth-order valence-corrected chi connectivity index (χ4v) is 5.02. The average molecular weight is 435 g/mol. The summed E-state index contributed by atoms with van der Waals surface area (Å²) in [5, 5.41) is 18.0. The van der Waals surface area contributed by atoms with Gasteiger partial charge in [0.2, 0.25) is 5.91 Å². The van der Waals surface area contributed by atoms with Crippen LogP contribution in [0, 0.1) is 21.4 Å². The van der Waals surface area contributed by atoms with Crippen LogP contribution in [0.1, 0.15) is 61.0 Å². The molecule has 0 fully saturated rings. The molecule has 0 radical (unpaired) electrons. The quantitative estimate of drug-likeness (QED) is 0.432. The van der Waals surface area contributed by atoms with Gasteiger partial charge in [-0.05, 0) is 43.1 Å². The smallest absolute Gasteiger partial charge is 0.341 e. The van der Waals surface area contributed by atoms with Gasteiger partial charge >= 0.3 is 11.7 Å². The zero-order valence-corrected chi connectivity index (χ0v) is 18.5. The van der Waals surface area contributed by atoms with E-state index in [1.165, 1.54) is 29.3 Å². The lowest BCUT2D eigenvalue weighted by molar-refractivity contribution is -0.385. The maximum absolute atomic E-state index is 12.8. The van der Waals surface area contributed by atoms with Crippen LogP contribution in [0.15, 0.2) is 12.4 Å². The number of ether oxygens (including phenoxy) is 1. The van der Waals surface area contributed by atoms with E-state index in [0.29, 0.717) is 16.5 Å². The number of nitrogens with zero attached hydrogens (tertiary/aromatic N) is 3. The molecule has 0 aromatic carbocycles. The number of methoxy groups -OCH3 is 1. The number of nitro groups is 1. The zero-order valence-electron chi connectivity index (χ0n) is 17.7. The van der Waals surface area contributed by atoms with Crippen molar-refractivity contribution < 1.29 is 19.2 Å². The van der Waals surface area contributed by atoms with Crippen LogP contribution in [-0.2, 0) is 22.4 Å². The Morgan fingerprint density at radius 2 is 2.13 bits per heavy atom. The molecular formula is C20H26N4O5S. The zero-order chi connectivity index (χ0) is 22.2. The Kier molecular flexibility index (Phi) is 5.98. The minimum Gasteiger partial charge on any atom is -0.465 e. The maximum Gasteiger partial charge on any atom is 0.341 e. The molecule has 2 aromatic rings. The Morgan fingerprint density at radius 3 is 2.70 bits per heavy atom. The van der Waals surface area contributed by atoms with Gasteiger partial charge in [-0.25, -0.2) is 4.79 Å². The molecule has 0 bridgehead atoms. The summed E-state index contributed by atoms with van der Waals surface area (Å²) in [6.45, 7) is 8.23. The molecule has 0 unspecified atom stereocenters. The molecule has 1 aliphatic rings. The fourth-order valence-electron chi connectivity index (χ4n) is 3.70. The minimum absolute atomic E-state index is 0.153. The van der Waals surface area contributed by atoms with Crippen molar-refractivity contribution in [2.45, 2.75) is 53.0 Å². The van der Waals surface area contributed by atoms with Crippen molar-refractivity contribution >= 4 is 33.9 Å². The van der Waals surface area contributed by atoms with Crippen LogP contribution >= 0.6 is 11.3 Å². The molecule has 3 rings (SSSR count). The van der Waals surface area contributed by atoms with Crippen LogP contribution < -0.4 is 5.32 Å². The first-order valence-corrected chi connectivity index (χ1v) is 10.6. The highest BCUT2D eigenvalue weighted by Gasteiger charge is 2.34. The molecule has 0 saturated heterocycles. The lowest BCUT2D eigenvalue weighted by Gasteiger charge is -2.33. The van der Waals surface area contributed by atoms with E-state index in [-0.39, 0.29) is 11.1 Å². The highest BCUT2D eigenvalue weighted by atomic mass is 32.1. The van der Waals surface area contributed by atoms with E-state index in [9.17, 15) is 19.7 Å². The number of nitrogens with one attached hydrogen (secondary N) is 1. The lowest BCUT2D eigenvalue weighted by Crippen LogP contribution is -2.26. The second-order valence-electron chi connectivity index (χ2n) is 8.61. The number of aromatic nitrogens is 2. The molecule has 1 amide bonds. The standard InChI is InChI=1S/C20H26N4O5S/c1-11(23-10-13(9-21-23)24(27)28)17(25)22-18-16(19(26)29-5)14-7-6-12(20(2,3)4)8-15(14)30-18/h9-12H,6-8H2,1-5H3,(H,22,25)/t11-,12+/m0/s1. The second-order valence-corrected chi connectivity index (χ2v) is 9.71. The van der Waals surface area contributed by atoms with Gasteiger partial charge < -0.3 is 10.1 Å². The summed E-state index contributed by atoms with van der Waals surface area (Å²) in [5.41, 5.74) is 1.33. The van der Waals surface area contributed by atoms with E-state index in [2.05, 4.69) is 31.2 Å². The number of esters is 1. The second kappa shape index (κ2) is 8.17. The van der Waals surface area contributed by atoms with Crippen LogP contribution in [0.25, 0.3) is 0 Å². The Balaban J connectivity index is 1.88. The van der Waals surface area contributed by atoms with Gasteiger partial charge in [0, 0.05) is 4.88 Å². The first-order chi connectivity index (χ1) is 14.0. The van der Waals surface area contributed by atoms with Gasteiger partial charge in [-0.3, -0.25) is 19.6 Å². The van der Waals surface area contributed by atoms with E-state index in [1.54, 1.807) is 6.92 Å².